The minimum Gasteiger partial charge on any atom is -0.378 e. The summed E-state index contributed by atoms with van der Waals surface area (Å²) in [6, 6.07) is 7.52. The summed E-state index contributed by atoms with van der Waals surface area (Å²) in [6.45, 7) is 2.04. The Labute approximate surface area is 127 Å². The van der Waals surface area contributed by atoms with Crippen molar-refractivity contribution in [3.63, 3.8) is 0 Å². The molecule has 1 fully saturated rings. The number of benzene rings is 1. The Hall–Kier alpha value is -2.85. The summed E-state index contributed by atoms with van der Waals surface area (Å²) in [5.74, 6) is -0.277. The number of rotatable bonds is 3. The third kappa shape index (κ3) is 2.92. The van der Waals surface area contributed by atoms with Crippen LogP contribution in [0.4, 0.5) is 5.69 Å². The minimum absolute atomic E-state index is 0.0756. The zero-order valence-corrected chi connectivity index (χ0v) is 11.9. The lowest BCUT2D eigenvalue weighted by atomic mass is 10.2. The van der Waals surface area contributed by atoms with E-state index in [1.165, 1.54) is 6.20 Å². The Morgan fingerprint density at radius 1 is 1.45 bits per heavy atom. The molecule has 1 aromatic carbocycles. The number of ether oxygens (including phenoxy) is 1. The standard InChI is InChI=1S/C15H15N5O2/c16-8-11(15(21)20-3-5-22-6-4-20)9-17-12-1-2-13-14(7-12)19-10-18-13/h1-2,7,9-10,17H,3-6H2,(H,18,19)/b11-9-. The maximum absolute atomic E-state index is 12.2. The molecular weight excluding hydrogens is 282 g/mol. The van der Waals surface area contributed by atoms with Crippen LogP contribution in [0, 0.1) is 11.3 Å². The van der Waals surface area contributed by atoms with Gasteiger partial charge >= 0.3 is 0 Å². The number of nitrogens with one attached hydrogen (secondary N) is 2. The lowest BCUT2D eigenvalue weighted by molar-refractivity contribution is -0.130. The Morgan fingerprint density at radius 2 is 2.27 bits per heavy atom. The van der Waals surface area contributed by atoms with Crippen molar-refractivity contribution in [2.45, 2.75) is 0 Å². The predicted molar refractivity (Wildman–Crippen MR) is 80.8 cm³/mol. The van der Waals surface area contributed by atoms with Gasteiger partial charge in [-0.05, 0) is 18.2 Å². The van der Waals surface area contributed by atoms with Crippen LogP contribution in [0.5, 0.6) is 0 Å². The van der Waals surface area contributed by atoms with Crippen LogP contribution >= 0.6 is 0 Å². The van der Waals surface area contributed by atoms with Crippen LogP contribution in [0.2, 0.25) is 0 Å². The number of carbonyl (C=O) groups excluding carboxylic acids is 1. The second kappa shape index (κ2) is 6.28. The van der Waals surface area contributed by atoms with Gasteiger partial charge in [-0.25, -0.2) is 4.98 Å². The summed E-state index contributed by atoms with van der Waals surface area (Å²) in [5.41, 5.74) is 2.60. The van der Waals surface area contributed by atoms with E-state index in [9.17, 15) is 10.1 Å². The fraction of sp³-hybridized carbons (Fsp3) is 0.267. The lowest BCUT2D eigenvalue weighted by Crippen LogP contribution is -2.41. The third-order valence-corrected chi connectivity index (χ3v) is 3.45. The van der Waals surface area contributed by atoms with Crippen LogP contribution in [0.1, 0.15) is 0 Å². The quantitative estimate of drug-likeness (QED) is 0.656. The number of nitriles is 1. The van der Waals surface area contributed by atoms with E-state index < -0.39 is 0 Å². The number of aromatic nitrogens is 2. The molecule has 3 rings (SSSR count). The summed E-state index contributed by atoms with van der Waals surface area (Å²) in [6.07, 6.45) is 3.06. The number of hydrogen-bond donors (Lipinski definition) is 2. The largest absolute Gasteiger partial charge is 0.378 e. The van der Waals surface area contributed by atoms with Gasteiger partial charge in [-0.2, -0.15) is 5.26 Å². The number of anilines is 1. The molecule has 7 nitrogen and oxygen atoms in total. The molecule has 22 heavy (non-hydrogen) atoms. The first-order chi connectivity index (χ1) is 10.8. The molecule has 0 aliphatic carbocycles. The zero-order valence-electron chi connectivity index (χ0n) is 11.9. The summed E-state index contributed by atoms with van der Waals surface area (Å²) in [5, 5.41) is 12.2. The van der Waals surface area contributed by atoms with Gasteiger partial charge in [0.1, 0.15) is 11.6 Å². The second-order valence-electron chi connectivity index (χ2n) is 4.85. The SMILES string of the molecule is N#C/C(=C/Nc1ccc2nc[nH]c2c1)C(=O)N1CCOCC1. The topological polar surface area (TPSA) is 94.0 Å². The van der Waals surface area contributed by atoms with Gasteiger partial charge in [0.05, 0.1) is 30.6 Å². The minimum atomic E-state index is -0.277. The van der Waals surface area contributed by atoms with Crippen LogP contribution < -0.4 is 5.32 Å². The van der Waals surface area contributed by atoms with Crippen molar-refractivity contribution < 1.29 is 9.53 Å². The number of carbonyl (C=O) groups is 1. The Bertz CT molecular complexity index is 753. The fourth-order valence-electron chi connectivity index (χ4n) is 2.26. The highest BCUT2D eigenvalue weighted by molar-refractivity contribution is 5.97. The smallest absolute Gasteiger partial charge is 0.266 e. The Balaban J connectivity index is 1.73. The van der Waals surface area contributed by atoms with E-state index in [2.05, 4.69) is 15.3 Å². The molecule has 1 aliphatic heterocycles. The van der Waals surface area contributed by atoms with E-state index in [1.807, 2.05) is 24.3 Å². The highest BCUT2D eigenvalue weighted by Crippen LogP contribution is 2.16. The summed E-state index contributed by atoms with van der Waals surface area (Å²) >= 11 is 0. The molecule has 0 atom stereocenters. The van der Waals surface area contributed by atoms with Crippen molar-refractivity contribution in [2.75, 3.05) is 31.6 Å². The molecule has 2 aromatic rings. The monoisotopic (exact) mass is 297 g/mol. The first-order valence-corrected chi connectivity index (χ1v) is 6.95. The van der Waals surface area contributed by atoms with E-state index in [0.717, 1.165) is 16.7 Å². The fourth-order valence-corrected chi connectivity index (χ4v) is 2.26. The van der Waals surface area contributed by atoms with Crippen molar-refractivity contribution in [3.05, 3.63) is 36.3 Å². The summed E-state index contributed by atoms with van der Waals surface area (Å²) in [7, 11) is 0. The molecule has 2 N–H and O–H groups in total. The summed E-state index contributed by atoms with van der Waals surface area (Å²) in [4.78, 5) is 21.0. The predicted octanol–water partition coefficient (Wildman–Crippen LogP) is 1.24. The Morgan fingerprint density at radius 3 is 3.05 bits per heavy atom. The first kappa shape index (κ1) is 14.1. The normalized spacial score (nSPS) is 15.6. The number of fused-ring (bicyclic) bond motifs is 1. The number of imidazole rings is 1. The Kier molecular flexibility index (Phi) is 4.03. The van der Waals surface area contributed by atoms with Crippen molar-refractivity contribution >= 4 is 22.6 Å². The average Bonchev–Trinajstić information content (AvgIpc) is 3.03. The highest BCUT2D eigenvalue weighted by Gasteiger charge is 2.20. The van der Waals surface area contributed by atoms with E-state index in [0.29, 0.717) is 26.3 Å². The van der Waals surface area contributed by atoms with Crippen molar-refractivity contribution in [1.82, 2.24) is 14.9 Å². The molecule has 112 valence electrons. The highest BCUT2D eigenvalue weighted by atomic mass is 16.5. The molecule has 0 unspecified atom stereocenters. The van der Waals surface area contributed by atoms with Crippen LogP contribution in [0.25, 0.3) is 11.0 Å². The number of amides is 1. The van der Waals surface area contributed by atoms with Gasteiger partial charge in [0.2, 0.25) is 0 Å². The maximum atomic E-state index is 12.2. The molecule has 1 aliphatic rings. The molecule has 2 heterocycles. The number of H-pyrrole nitrogens is 1. The molecular formula is C15H15N5O2. The van der Waals surface area contributed by atoms with Crippen molar-refractivity contribution in [2.24, 2.45) is 0 Å². The van der Waals surface area contributed by atoms with E-state index in [-0.39, 0.29) is 11.5 Å². The first-order valence-electron chi connectivity index (χ1n) is 6.95. The van der Waals surface area contributed by atoms with E-state index in [1.54, 1.807) is 11.2 Å². The molecule has 0 saturated carbocycles. The van der Waals surface area contributed by atoms with Gasteiger partial charge in [-0.1, -0.05) is 0 Å². The van der Waals surface area contributed by atoms with Gasteiger partial charge in [-0.15, -0.1) is 0 Å². The van der Waals surface area contributed by atoms with Gasteiger partial charge in [-0.3, -0.25) is 4.79 Å². The zero-order chi connectivity index (χ0) is 15.4. The lowest BCUT2D eigenvalue weighted by Gasteiger charge is -2.26. The second-order valence-corrected chi connectivity index (χ2v) is 4.85. The van der Waals surface area contributed by atoms with Crippen LogP contribution in [0.15, 0.2) is 36.3 Å². The molecule has 7 heteroatoms. The average molecular weight is 297 g/mol. The van der Waals surface area contributed by atoms with Gasteiger partial charge in [0.15, 0.2) is 0 Å². The molecule has 1 saturated heterocycles. The third-order valence-electron chi connectivity index (χ3n) is 3.45. The van der Waals surface area contributed by atoms with Crippen molar-refractivity contribution in [3.8, 4) is 6.07 Å². The maximum Gasteiger partial charge on any atom is 0.266 e. The molecule has 0 radical (unpaired) electrons. The number of hydrogen-bond acceptors (Lipinski definition) is 5. The number of morpholine rings is 1. The van der Waals surface area contributed by atoms with Crippen LogP contribution in [-0.2, 0) is 9.53 Å². The van der Waals surface area contributed by atoms with Crippen LogP contribution in [-0.4, -0.2) is 47.1 Å². The van der Waals surface area contributed by atoms with E-state index in [4.69, 9.17) is 4.74 Å². The molecule has 0 spiro atoms. The van der Waals surface area contributed by atoms with E-state index >= 15 is 0 Å². The number of nitrogens with zero attached hydrogens (tertiary/aromatic N) is 3. The van der Waals surface area contributed by atoms with Gasteiger partial charge in [0.25, 0.3) is 5.91 Å². The van der Waals surface area contributed by atoms with Crippen molar-refractivity contribution in [1.29, 1.82) is 5.26 Å². The molecule has 1 amide bonds. The number of aromatic amines is 1. The van der Waals surface area contributed by atoms with Crippen LogP contribution in [0.3, 0.4) is 0 Å². The summed E-state index contributed by atoms with van der Waals surface area (Å²) < 4.78 is 5.20. The van der Waals surface area contributed by atoms with Gasteiger partial charge < -0.3 is 19.9 Å². The van der Waals surface area contributed by atoms with Gasteiger partial charge in [0, 0.05) is 25.0 Å². The molecule has 1 aromatic heterocycles. The molecule has 0 bridgehead atoms.